The summed E-state index contributed by atoms with van der Waals surface area (Å²) in [4.78, 5) is 20.3. The quantitative estimate of drug-likeness (QED) is 0.622. The molecule has 22 heavy (non-hydrogen) atoms. The number of hydrogen-bond donors (Lipinski definition) is 0. The molecule has 0 aliphatic heterocycles. The Labute approximate surface area is 128 Å². The van der Waals surface area contributed by atoms with Crippen molar-refractivity contribution in [3.05, 3.63) is 28.2 Å². The van der Waals surface area contributed by atoms with Gasteiger partial charge < -0.3 is 4.74 Å². The van der Waals surface area contributed by atoms with Crippen molar-refractivity contribution in [1.82, 2.24) is 14.5 Å². The summed E-state index contributed by atoms with van der Waals surface area (Å²) in [5, 5.41) is 0.678. The lowest BCUT2D eigenvalue weighted by atomic mass is 10.2. The average Bonchev–Trinajstić information content (AvgIpc) is 2.47. The summed E-state index contributed by atoms with van der Waals surface area (Å²) in [7, 11) is 0. The maximum atomic E-state index is 12.8. The van der Waals surface area contributed by atoms with E-state index in [4.69, 9.17) is 4.74 Å². The highest BCUT2D eigenvalue weighted by molar-refractivity contribution is 7.98. The fraction of sp³-hybridized carbons (Fsp3) is 0.462. The average molecular weight is 333 g/mol. The lowest BCUT2D eigenvalue weighted by Crippen LogP contribution is -2.31. The molecule has 0 aromatic carbocycles. The van der Waals surface area contributed by atoms with Crippen LogP contribution in [0, 0.1) is 0 Å². The van der Waals surface area contributed by atoms with E-state index in [0.717, 1.165) is 0 Å². The minimum absolute atomic E-state index is 0.0260. The molecule has 0 aliphatic rings. The maximum absolute atomic E-state index is 12.8. The van der Waals surface area contributed by atoms with Crippen LogP contribution in [0.5, 0.6) is 0 Å². The van der Waals surface area contributed by atoms with Gasteiger partial charge in [0.1, 0.15) is 12.2 Å². The number of ether oxygens (including phenoxy) is 1. The van der Waals surface area contributed by atoms with E-state index in [2.05, 4.69) is 9.97 Å². The predicted molar refractivity (Wildman–Crippen MR) is 77.0 cm³/mol. The Balaban J connectivity index is 2.67. The third-order valence-electron chi connectivity index (χ3n) is 2.86. The van der Waals surface area contributed by atoms with Gasteiger partial charge in [0, 0.05) is 23.8 Å². The highest BCUT2D eigenvalue weighted by Crippen LogP contribution is 2.21. The van der Waals surface area contributed by atoms with Gasteiger partial charge in [0.2, 0.25) is 0 Å². The smallest absolute Gasteiger partial charge is 0.377 e. The Bertz CT molecular complexity index is 731. The summed E-state index contributed by atoms with van der Waals surface area (Å²) < 4.78 is 44.1. The van der Waals surface area contributed by atoms with Gasteiger partial charge in [-0.25, -0.2) is 9.97 Å². The van der Waals surface area contributed by atoms with Crippen LogP contribution >= 0.6 is 11.8 Å². The number of thioether (sulfide) groups is 1. The van der Waals surface area contributed by atoms with E-state index in [0.29, 0.717) is 21.7 Å². The standard InChI is InChI=1S/C13H14F3N3O2S/c1-3-21-6-9-4-8-5-17-12(22-2)18-10(8)19(11(9)20)7-13(14,15)16/h4-5H,3,6-7H2,1-2H3. The van der Waals surface area contributed by atoms with E-state index in [1.807, 2.05) is 0 Å². The molecule has 0 fully saturated rings. The van der Waals surface area contributed by atoms with Crippen LogP contribution in [-0.4, -0.2) is 33.6 Å². The van der Waals surface area contributed by atoms with E-state index in [1.165, 1.54) is 24.0 Å². The van der Waals surface area contributed by atoms with E-state index in [9.17, 15) is 18.0 Å². The lowest BCUT2D eigenvalue weighted by Gasteiger charge is -2.14. The second kappa shape index (κ2) is 6.66. The number of hydrogen-bond acceptors (Lipinski definition) is 5. The van der Waals surface area contributed by atoms with Gasteiger partial charge in [-0.05, 0) is 19.2 Å². The molecule has 9 heteroatoms. The van der Waals surface area contributed by atoms with Gasteiger partial charge in [-0.2, -0.15) is 13.2 Å². The zero-order valence-electron chi connectivity index (χ0n) is 12.0. The van der Waals surface area contributed by atoms with Crippen LogP contribution in [0.3, 0.4) is 0 Å². The topological polar surface area (TPSA) is 57.0 Å². The summed E-state index contributed by atoms with van der Waals surface area (Å²) in [6.45, 7) is 0.655. The first-order valence-corrected chi connectivity index (χ1v) is 7.66. The highest BCUT2D eigenvalue weighted by Gasteiger charge is 2.30. The molecule has 0 bridgehead atoms. The third-order valence-corrected chi connectivity index (χ3v) is 3.42. The summed E-state index contributed by atoms with van der Waals surface area (Å²) in [6.07, 6.45) is -1.40. The molecule has 0 saturated carbocycles. The fourth-order valence-electron chi connectivity index (χ4n) is 1.94. The second-order valence-corrected chi connectivity index (χ2v) is 5.22. The minimum Gasteiger partial charge on any atom is -0.377 e. The Morgan fingerprint density at radius 2 is 2.14 bits per heavy atom. The zero-order chi connectivity index (χ0) is 16.3. The molecule has 0 saturated heterocycles. The number of halogens is 3. The summed E-state index contributed by atoms with van der Waals surface area (Å²) >= 11 is 1.19. The number of fused-ring (bicyclic) bond motifs is 1. The molecule has 2 rings (SSSR count). The Morgan fingerprint density at radius 3 is 2.73 bits per heavy atom. The first-order valence-electron chi connectivity index (χ1n) is 6.43. The van der Waals surface area contributed by atoms with E-state index >= 15 is 0 Å². The van der Waals surface area contributed by atoms with Crippen molar-refractivity contribution in [1.29, 1.82) is 0 Å². The summed E-state index contributed by atoms with van der Waals surface area (Å²) in [5.74, 6) is 0. The minimum atomic E-state index is -4.52. The van der Waals surface area contributed by atoms with Gasteiger partial charge in [-0.3, -0.25) is 9.36 Å². The van der Waals surface area contributed by atoms with Gasteiger partial charge in [-0.15, -0.1) is 0 Å². The van der Waals surface area contributed by atoms with Crippen molar-refractivity contribution in [2.24, 2.45) is 0 Å². The van der Waals surface area contributed by atoms with Gasteiger partial charge in [0.25, 0.3) is 5.56 Å². The molecule has 0 amide bonds. The highest BCUT2D eigenvalue weighted by atomic mass is 32.2. The first-order chi connectivity index (χ1) is 10.4. The van der Waals surface area contributed by atoms with Gasteiger partial charge in [0.05, 0.1) is 6.61 Å². The third kappa shape index (κ3) is 3.77. The Hall–Kier alpha value is -1.61. The molecule has 2 aromatic heterocycles. The summed E-state index contributed by atoms with van der Waals surface area (Å²) in [5.41, 5.74) is -0.620. The predicted octanol–water partition coefficient (Wildman–Crippen LogP) is 2.61. The molecule has 2 aromatic rings. The number of rotatable bonds is 5. The van der Waals surface area contributed by atoms with Crippen LogP contribution in [0.2, 0.25) is 0 Å². The first kappa shape index (κ1) is 16.8. The van der Waals surface area contributed by atoms with Crippen molar-refractivity contribution < 1.29 is 17.9 Å². The normalized spacial score (nSPS) is 12.0. The van der Waals surface area contributed by atoms with Crippen LogP contribution < -0.4 is 5.56 Å². The van der Waals surface area contributed by atoms with Gasteiger partial charge in [-0.1, -0.05) is 11.8 Å². The van der Waals surface area contributed by atoms with Crippen molar-refractivity contribution in [3.8, 4) is 0 Å². The molecular formula is C13H14F3N3O2S. The maximum Gasteiger partial charge on any atom is 0.406 e. The Kier molecular flexibility index (Phi) is 5.07. The van der Waals surface area contributed by atoms with Crippen LogP contribution in [0.25, 0.3) is 11.0 Å². The molecule has 120 valence electrons. The largest absolute Gasteiger partial charge is 0.406 e. The molecular weight excluding hydrogens is 319 g/mol. The monoisotopic (exact) mass is 333 g/mol. The number of nitrogens with zero attached hydrogens (tertiary/aromatic N) is 3. The number of alkyl halides is 3. The molecule has 0 spiro atoms. The van der Waals surface area contributed by atoms with Crippen LogP contribution in [0.4, 0.5) is 13.2 Å². The van der Waals surface area contributed by atoms with E-state index < -0.39 is 18.3 Å². The molecule has 5 nitrogen and oxygen atoms in total. The van der Waals surface area contributed by atoms with Crippen LogP contribution in [0.15, 0.2) is 22.2 Å². The zero-order valence-corrected chi connectivity index (χ0v) is 12.8. The number of pyridine rings is 1. The van der Waals surface area contributed by atoms with Crippen molar-refractivity contribution in [2.75, 3.05) is 12.9 Å². The van der Waals surface area contributed by atoms with Gasteiger partial charge in [0.15, 0.2) is 5.16 Å². The molecule has 0 radical (unpaired) electrons. The summed E-state index contributed by atoms with van der Waals surface area (Å²) in [6, 6.07) is 1.48. The fourth-order valence-corrected chi connectivity index (χ4v) is 2.28. The van der Waals surface area contributed by atoms with Gasteiger partial charge >= 0.3 is 6.18 Å². The molecule has 0 unspecified atom stereocenters. The van der Waals surface area contributed by atoms with Crippen molar-refractivity contribution in [2.45, 2.75) is 31.4 Å². The molecule has 2 heterocycles. The van der Waals surface area contributed by atoms with Crippen LogP contribution in [0.1, 0.15) is 12.5 Å². The number of aromatic nitrogens is 3. The molecule has 0 N–H and O–H groups in total. The molecule has 0 atom stereocenters. The van der Waals surface area contributed by atoms with E-state index in [1.54, 1.807) is 13.2 Å². The van der Waals surface area contributed by atoms with Crippen molar-refractivity contribution >= 4 is 22.8 Å². The second-order valence-electron chi connectivity index (χ2n) is 4.45. The SMILES string of the molecule is CCOCc1cc2cnc(SC)nc2n(CC(F)(F)F)c1=O. The van der Waals surface area contributed by atoms with Crippen molar-refractivity contribution in [3.63, 3.8) is 0 Å². The lowest BCUT2D eigenvalue weighted by molar-refractivity contribution is -0.140. The Morgan fingerprint density at radius 1 is 1.41 bits per heavy atom. The van der Waals surface area contributed by atoms with E-state index in [-0.39, 0.29) is 17.8 Å². The van der Waals surface area contributed by atoms with Crippen LogP contribution in [-0.2, 0) is 17.9 Å². The molecule has 0 aliphatic carbocycles.